The van der Waals surface area contributed by atoms with E-state index >= 15 is 24.0 Å². The number of nitrogens with one attached hydrogen (secondary N) is 5. The van der Waals surface area contributed by atoms with Crippen molar-refractivity contribution in [2.24, 2.45) is 59.2 Å². The van der Waals surface area contributed by atoms with Gasteiger partial charge in [-0.25, -0.2) is 4.79 Å². The van der Waals surface area contributed by atoms with Gasteiger partial charge in [-0.1, -0.05) is 126 Å². The summed E-state index contributed by atoms with van der Waals surface area (Å²) in [4.78, 5) is 262. The van der Waals surface area contributed by atoms with Crippen molar-refractivity contribution in [2.45, 2.75) is 368 Å². The molecule has 0 radical (unpaired) electrons. The van der Waals surface area contributed by atoms with Crippen molar-refractivity contribution in [1.29, 1.82) is 0 Å². The van der Waals surface area contributed by atoms with E-state index in [1.165, 1.54) is 111 Å². The lowest BCUT2D eigenvalue weighted by Crippen LogP contribution is -2.64. The fourth-order valence-electron chi connectivity index (χ4n) is 21.3. The van der Waals surface area contributed by atoms with E-state index < -0.39 is 289 Å². The first-order chi connectivity index (χ1) is 69.8. The predicted molar refractivity (Wildman–Crippen MR) is 555 cm³/mol. The molecule has 6 rings (SSSR count). The molecule has 4 saturated heterocycles. The Hall–Kier alpha value is -10.0. The van der Waals surface area contributed by atoms with E-state index in [0.717, 1.165) is 35.0 Å². The summed E-state index contributed by atoms with van der Waals surface area (Å²) in [6.45, 7) is 30.2. The van der Waals surface area contributed by atoms with Crippen LogP contribution in [0.25, 0.3) is 0 Å². The number of aliphatic hydroxyl groups excluding tert-OH is 3. The van der Waals surface area contributed by atoms with E-state index in [2.05, 4.69) is 26.6 Å². The largest absolute Gasteiger partial charge is 0.456 e. The maximum atomic E-state index is 15.4. The number of piperidine rings is 1. The molecule has 0 aromatic rings. The van der Waals surface area contributed by atoms with Crippen molar-refractivity contribution >= 4 is 100 Å². The highest BCUT2D eigenvalue weighted by Gasteiger charge is 2.58. The minimum Gasteiger partial charge on any atom is -0.456 e. The molecule has 5 fully saturated rings. The van der Waals surface area contributed by atoms with Gasteiger partial charge < -0.3 is 120 Å². The average Bonchev–Trinajstić information content (AvgIpc) is 1.59. The second-order valence-electron chi connectivity index (χ2n) is 44.0. The summed E-state index contributed by atoms with van der Waals surface area (Å²) in [7, 11) is 13.9. The summed E-state index contributed by atoms with van der Waals surface area (Å²) >= 11 is 0. The Bertz CT molecular complexity index is 4720. The van der Waals surface area contributed by atoms with Gasteiger partial charge in [0.2, 0.25) is 82.6 Å². The lowest BCUT2D eigenvalue weighted by molar-refractivity contribution is -0.302. The van der Waals surface area contributed by atoms with Crippen molar-refractivity contribution in [3.05, 3.63) is 47.6 Å². The third kappa shape index (κ3) is 33.7. The molecule has 1 aliphatic carbocycles. The Kier molecular flexibility index (Phi) is 50.3. The predicted octanol–water partition coefficient (Wildman–Crippen LogP) is 4.34. The smallest absolute Gasteiger partial charge is 0.329 e. The maximum Gasteiger partial charge on any atom is 0.329 e. The van der Waals surface area contributed by atoms with E-state index in [4.69, 9.17) is 28.4 Å². The monoisotopic (exact) mass is 2100 g/mol. The van der Waals surface area contributed by atoms with Crippen LogP contribution >= 0.6 is 0 Å². The Morgan fingerprint density at radius 2 is 1.20 bits per heavy atom. The summed E-state index contributed by atoms with van der Waals surface area (Å²) in [6.07, 6.45) is 5.11. The highest BCUT2D eigenvalue weighted by molar-refractivity contribution is 6.39. The molecule has 4 bridgehead atoms. The molecule has 9 N–H and O–H groups in total. The summed E-state index contributed by atoms with van der Waals surface area (Å²) < 4.78 is 36.3. The van der Waals surface area contributed by atoms with Crippen molar-refractivity contribution in [1.82, 2.24) is 70.7 Å². The Morgan fingerprint density at radius 1 is 0.611 bits per heavy atom. The standard InChI is InChI=1S/C108H178N14O27/c1-30-32-37-65(13)92(129)91-98(133)112-74(31-2)100(135)114(20)56-88(128)116(22)79-53-68(16)122(103(79)138)90(62(9)10)105(140)117(23)77(46-59(3)4)97(132)111-70(18)96(131)113-75(101(136)118(24)78(47-60(5)6)102(137)115(21)71(19)99(134)119(25)89(61(7)8)104(139)120(91)26)57-147-58-87(127)110-44-36-43-109-86(126)40-35-38-73-49-63(11)48-64(12)50-84(145-28)94-85(146-29)52-67(15)108(143,149-94)95(130)106(141)121-45-34-33-39-76(121)107(142)148-93(69(17)81(124)55-82(73)125)66(14)51-72-41-42-80(123)83(54-72)144-27/h30,32,35,40,49,51,59-62,64-65,67-81,83-85,89-94,123-124,129,143H,31,33-34,36-39,41-48,50,52-58H2,1-29H3,(H,109,126)(H,110,127)(H,111,132)(H,112,133)(H,113,131)/b32-30+,40-35?,63-49+,66-51+/t64-,65?,67+,68?,69+,70-,71-,72+,73+,74-,75+,76?,77-,78-,79-,80+,81-,83+,84-,85-,89-,90-,91?,92-,93+,94+,108+/m1/s1. The number of fused-ring (bicyclic) bond motifs is 5. The van der Waals surface area contributed by atoms with Gasteiger partial charge in [0.1, 0.15) is 91.1 Å². The number of ether oxygens (including phenoxy) is 6. The van der Waals surface area contributed by atoms with Gasteiger partial charge in [-0.2, -0.15) is 0 Å². The molecule has 5 heterocycles. The number of ketones is 2. The lowest BCUT2D eigenvalue weighted by atomic mass is 9.81. The number of cyclic esters (lactones) is 1. The number of likely N-dealkylation sites (N-methyl/N-ethyl adjacent to an activating group) is 7. The van der Waals surface area contributed by atoms with Crippen LogP contribution in [0.3, 0.4) is 0 Å². The van der Waals surface area contributed by atoms with Crippen LogP contribution in [0.5, 0.6) is 0 Å². The van der Waals surface area contributed by atoms with E-state index in [-0.39, 0.29) is 108 Å². The van der Waals surface area contributed by atoms with Gasteiger partial charge in [-0.05, 0) is 197 Å². The lowest BCUT2D eigenvalue weighted by Gasteiger charge is -2.47. The van der Waals surface area contributed by atoms with Gasteiger partial charge in [0, 0.05) is 121 Å². The van der Waals surface area contributed by atoms with Crippen LogP contribution in [-0.2, 0) is 110 Å². The molecule has 41 heteroatoms. The fourth-order valence-corrected chi connectivity index (χ4v) is 21.3. The van der Waals surface area contributed by atoms with Crippen LogP contribution in [0.4, 0.5) is 0 Å². The molecule has 41 nitrogen and oxygen atoms in total. The van der Waals surface area contributed by atoms with Gasteiger partial charge in [-0.15, -0.1) is 0 Å². The molecule has 0 aromatic carbocycles. The van der Waals surface area contributed by atoms with Gasteiger partial charge in [0.15, 0.2) is 0 Å². The SMILES string of the molecule is C/C=C/CC(C)[C@@H](O)C1C(=O)N[C@H](CC)C(=O)N(C)CC(=O)N(C)[C@@H]2CC(C)N(C2=O)[C@H](C(C)C)C(=O)N(C)[C@H](CC(C)C)C(=O)N[C@H](C)C(=O)N[C@@H](COCC(=O)NCCCNC(=O)C=CC[C@H]2/C=C(\C)C[C@@H](C)C[C@@H](OC)[C@@H]3O[C@](O)(C(=O)C(=O)N4CCCCC4C(=O)O[C@@H](/C(C)=C/[C@@H]4CC[C@H](O)[C@@H](OC)C4)[C@@H](C)[C@H](O)CC2=O)[C@@H](C)C[C@H]3OC)C(=O)N(C)[C@H](CC(C)C)C(=O)N(C)[C@H](C)C(=O)N(C)[C@H](C(C)C)C(=O)N1C. The van der Waals surface area contributed by atoms with E-state index in [1.807, 2.05) is 33.8 Å². The van der Waals surface area contributed by atoms with Crippen LogP contribution < -0.4 is 26.6 Å². The summed E-state index contributed by atoms with van der Waals surface area (Å²) in [5.41, 5.74) is 1.26. The zero-order valence-corrected chi connectivity index (χ0v) is 93.8. The number of carbonyl (C=O) groups is 17. The van der Waals surface area contributed by atoms with Crippen LogP contribution in [0.2, 0.25) is 0 Å². The molecule has 5 aliphatic heterocycles. The summed E-state index contributed by atoms with van der Waals surface area (Å²) in [5.74, 6) is -22.0. The number of amides is 14. The van der Waals surface area contributed by atoms with Gasteiger partial charge in [0.05, 0.1) is 49.8 Å². The number of allylic oxidation sites excluding steroid dienone is 6. The Balaban J connectivity index is 1.28. The molecule has 1 saturated carbocycles. The molecule has 14 amide bonds. The van der Waals surface area contributed by atoms with Crippen LogP contribution in [-0.4, -0.2) is 402 Å². The number of methoxy groups -OCH3 is 3. The van der Waals surface area contributed by atoms with E-state index in [9.17, 15) is 78.0 Å². The highest BCUT2D eigenvalue weighted by Crippen LogP contribution is 2.41. The normalized spacial score (nSPS) is 32.5. The minimum atomic E-state index is -2.66. The topological polar surface area (TPSA) is 516 Å². The minimum absolute atomic E-state index is 0.0133. The number of nitrogens with zero attached hydrogens (tertiary/aromatic N) is 9. The van der Waals surface area contributed by atoms with Gasteiger partial charge >= 0.3 is 5.97 Å². The molecule has 0 aromatic heterocycles. The first-order valence-corrected chi connectivity index (χ1v) is 53.3. The number of Topliss-reactive ketones (excluding diaryl/α,β-unsaturated/α-hetero) is 2. The molecule has 149 heavy (non-hydrogen) atoms. The zero-order chi connectivity index (χ0) is 112. The number of aliphatic hydroxyl groups is 4. The summed E-state index contributed by atoms with van der Waals surface area (Å²) in [6, 6.07) is -15.9. The van der Waals surface area contributed by atoms with Crippen molar-refractivity contribution < 1.29 is 130 Å². The first kappa shape index (κ1) is 128. The van der Waals surface area contributed by atoms with E-state index in [1.54, 1.807) is 108 Å². The molecule has 4 unspecified atom stereocenters. The van der Waals surface area contributed by atoms with Crippen molar-refractivity contribution in [3.63, 3.8) is 0 Å². The zero-order valence-electron chi connectivity index (χ0n) is 93.8. The van der Waals surface area contributed by atoms with Crippen LogP contribution in [0, 0.1) is 59.2 Å². The number of esters is 1. The molecular weight excluding hydrogens is 1930 g/mol. The second kappa shape index (κ2) is 58.7. The Morgan fingerprint density at radius 3 is 1.81 bits per heavy atom. The third-order valence-electron chi connectivity index (χ3n) is 30.6. The van der Waals surface area contributed by atoms with Crippen LogP contribution in [0.1, 0.15) is 241 Å². The van der Waals surface area contributed by atoms with Crippen molar-refractivity contribution in [2.75, 3.05) is 110 Å². The molecule has 0 spiro atoms. The maximum absolute atomic E-state index is 15.4. The van der Waals surface area contributed by atoms with Gasteiger partial charge in [-0.3, -0.25) is 76.7 Å². The quantitative estimate of drug-likeness (QED) is 0.0181. The molecule has 27 atom stereocenters. The Labute approximate surface area is 881 Å². The second-order valence-corrected chi connectivity index (χ2v) is 44.0. The number of hydrogen-bond donors (Lipinski definition) is 9. The fraction of sp³-hybridized carbons (Fsp3) is 0.769. The number of hydrogen-bond acceptors (Lipinski definition) is 27. The molecule has 6 aliphatic rings. The molecule has 842 valence electrons. The number of rotatable bonds is 27. The van der Waals surface area contributed by atoms with Gasteiger partial charge in [0.25, 0.3) is 11.7 Å². The molecular formula is C108H178N14O27. The third-order valence-corrected chi connectivity index (χ3v) is 30.6. The highest BCUT2D eigenvalue weighted by atomic mass is 16.7. The van der Waals surface area contributed by atoms with Crippen molar-refractivity contribution in [3.8, 4) is 0 Å². The van der Waals surface area contributed by atoms with E-state index in [0.29, 0.717) is 44.1 Å². The number of carbonyl (C=O) groups excluding carboxylic acids is 17. The van der Waals surface area contributed by atoms with Crippen LogP contribution in [0.15, 0.2) is 47.6 Å². The first-order valence-electron chi connectivity index (χ1n) is 53.3. The average molecular weight is 2100 g/mol. The summed E-state index contributed by atoms with van der Waals surface area (Å²) in [5, 5.41) is 61.3.